The van der Waals surface area contributed by atoms with Crippen molar-refractivity contribution in [2.24, 2.45) is 0 Å². The van der Waals surface area contributed by atoms with Crippen molar-refractivity contribution < 1.29 is 14.3 Å². The van der Waals surface area contributed by atoms with Crippen LogP contribution in [0.15, 0.2) is 48.5 Å². The zero-order valence-electron chi connectivity index (χ0n) is 17.8. The molecule has 0 spiro atoms. The third-order valence-electron chi connectivity index (χ3n) is 4.77. The maximum Gasteiger partial charge on any atom is 0.414 e. The molecule has 1 N–H and O–H groups in total. The van der Waals surface area contributed by atoms with E-state index in [1.165, 1.54) is 6.08 Å². The first-order chi connectivity index (χ1) is 14.8. The maximum atomic E-state index is 12.5. The lowest BCUT2D eigenvalue weighted by Crippen LogP contribution is -2.39. The Morgan fingerprint density at radius 3 is 2.77 bits per heavy atom. The largest absolute Gasteiger partial charge is 0.443 e. The van der Waals surface area contributed by atoms with E-state index in [1.54, 1.807) is 22.3 Å². The Hall–Kier alpha value is -3.19. The van der Waals surface area contributed by atoms with Gasteiger partial charge < -0.3 is 10.1 Å². The van der Waals surface area contributed by atoms with Crippen molar-refractivity contribution in [3.63, 3.8) is 0 Å². The second-order valence-electron chi connectivity index (χ2n) is 8.42. The summed E-state index contributed by atoms with van der Waals surface area (Å²) < 4.78 is 6.62. The smallest absolute Gasteiger partial charge is 0.414 e. The number of anilines is 2. The van der Waals surface area contributed by atoms with E-state index < -0.39 is 5.60 Å². The van der Waals surface area contributed by atoms with Gasteiger partial charge in [-0.25, -0.2) is 9.78 Å². The van der Waals surface area contributed by atoms with Crippen molar-refractivity contribution in [3.8, 4) is 0 Å². The minimum absolute atomic E-state index is 0.223. The molecule has 3 aromatic rings. The number of hydrogen-bond acceptors (Lipinski definition) is 5. The Labute approximate surface area is 185 Å². The Bertz CT molecular complexity index is 1130. The SMILES string of the molecule is CC(C)(C)OC(=O)N1CCCc2cc(NC(=O)/C=C/c3nc4ccccc4s3)ccc21. The molecule has 2 heterocycles. The molecule has 7 heteroatoms. The monoisotopic (exact) mass is 435 g/mol. The van der Waals surface area contributed by atoms with Gasteiger partial charge in [0.05, 0.1) is 15.9 Å². The van der Waals surface area contributed by atoms with Crippen LogP contribution in [0.25, 0.3) is 16.3 Å². The summed E-state index contributed by atoms with van der Waals surface area (Å²) in [5, 5.41) is 3.68. The number of hydrogen-bond donors (Lipinski definition) is 1. The fraction of sp³-hybridized carbons (Fsp3) is 0.292. The van der Waals surface area contributed by atoms with Gasteiger partial charge in [0.25, 0.3) is 0 Å². The highest BCUT2D eigenvalue weighted by Crippen LogP contribution is 2.31. The van der Waals surface area contributed by atoms with Gasteiger partial charge in [-0.3, -0.25) is 9.69 Å². The number of amides is 2. The van der Waals surface area contributed by atoms with Crippen LogP contribution in [0.3, 0.4) is 0 Å². The number of carbonyl (C=O) groups is 2. The summed E-state index contributed by atoms with van der Waals surface area (Å²) in [6.45, 7) is 6.20. The Morgan fingerprint density at radius 1 is 1.19 bits per heavy atom. The molecule has 0 fully saturated rings. The van der Waals surface area contributed by atoms with Crippen molar-refractivity contribution in [3.05, 3.63) is 59.1 Å². The first-order valence-corrected chi connectivity index (χ1v) is 11.1. The van der Waals surface area contributed by atoms with E-state index in [0.717, 1.165) is 39.3 Å². The average molecular weight is 436 g/mol. The van der Waals surface area contributed by atoms with E-state index in [9.17, 15) is 9.59 Å². The summed E-state index contributed by atoms with van der Waals surface area (Å²) in [6.07, 6.45) is 4.57. The number of para-hydroxylation sites is 1. The lowest BCUT2D eigenvalue weighted by molar-refractivity contribution is -0.111. The molecule has 160 valence electrons. The van der Waals surface area contributed by atoms with E-state index in [2.05, 4.69) is 10.3 Å². The minimum Gasteiger partial charge on any atom is -0.443 e. The molecule has 1 aromatic heterocycles. The highest BCUT2D eigenvalue weighted by atomic mass is 32.1. The van der Waals surface area contributed by atoms with Crippen LogP contribution in [0.5, 0.6) is 0 Å². The molecule has 2 aromatic carbocycles. The molecule has 6 nitrogen and oxygen atoms in total. The predicted molar refractivity (Wildman–Crippen MR) is 126 cm³/mol. The van der Waals surface area contributed by atoms with Crippen LogP contribution in [0.4, 0.5) is 16.2 Å². The molecule has 0 bridgehead atoms. The molecule has 1 aliphatic rings. The second kappa shape index (κ2) is 8.51. The molecule has 0 saturated carbocycles. The standard InChI is InChI=1S/C24H25N3O3S/c1-24(2,3)30-23(29)27-14-6-7-16-15-17(10-11-19(16)27)25-21(28)12-13-22-26-18-8-4-5-9-20(18)31-22/h4-5,8-13,15H,6-7,14H2,1-3H3,(H,25,28)/b13-12+. The first-order valence-electron chi connectivity index (χ1n) is 10.3. The van der Waals surface area contributed by atoms with Gasteiger partial charge in [0.15, 0.2) is 0 Å². The van der Waals surface area contributed by atoms with Gasteiger partial charge >= 0.3 is 6.09 Å². The molecule has 2 amide bonds. The fourth-order valence-corrected chi connectivity index (χ4v) is 4.34. The third kappa shape index (κ3) is 5.11. The van der Waals surface area contributed by atoms with E-state index in [-0.39, 0.29) is 12.0 Å². The van der Waals surface area contributed by atoms with E-state index in [4.69, 9.17) is 4.74 Å². The number of rotatable bonds is 3. The van der Waals surface area contributed by atoms with Crippen LogP contribution in [-0.4, -0.2) is 29.1 Å². The normalized spacial score (nSPS) is 14.0. The van der Waals surface area contributed by atoms with Crippen LogP contribution in [0.1, 0.15) is 37.8 Å². The van der Waals surface area contributed by atoms with Gasteiger partial charge in [-0.05, 0) is 75.6 Å². The van der Waals surface area contributed by atoms with Crippen molar-refractivity contribution in [1.29, 1.82) is 0 Å². The molecular weight excluding hydrogens is 410 g/mol. The molecule has 1 aliphatic heterocycles. The average Bonchev–Trinajstić information content (AvgIpc) is 3.13. The Morgan fingerprint density at radius 2 is 2.00 bits per heavy atom. The van der Waals surface area contributed by atoms with Crippen molar-refractivity contribution in [2.75, 3.05) is 16.8 Å². The van der Waals surface area contributed by atoms with Gasteiger partial charge in [0.2, 0.25) is 5.91 Å². The molecule has 4 rings (SSSR count). The second-order valence-corrected chi connectivity index (χ2v) is 9.48. The van der Waals surface area contributed by atoms with Gasteiger partial charge in [-0.15, -0.1) is 11.3 Å². The number of nitrogens with zero attached hydrogens (tertiary/aromatic N) is 2. The van der Waals surface area contributed by atoms with Crippen molar-refractivity contribution >= 4 is 51.0 Å². The quantitative estimate of drug-likeness (QED) is 0.541. The number of aromatic nitrogens is 1. The number of thiazole rings is 1. The Kier molecular flexibility index (Phi) is 5.78. The number of benzene rings is 2. The van der Waals surface area contributed by atoms with Crippen LogP contribution >= 0.6 is 11.3 Å². The van der Waals surface area contributed by atoms with Crippen LogP contribution in [0, 0.1) is 0 Å². The van der Waals surface area contributed by atoms with E-state index >= 15 is 0 Å². The summed E-state index contributed by atoms with van der Waals surface area (Å²) in [4.78, 5) is 31.1. The highest BCUT2D eigenvalue weighted by molar-refractivity contribution is 7.19. The van der Waals surface area contributed by atoms with Gasteiger partial charge in [0.1, 0.15) is 10.6 Å². The number of fused-ring (bicyclic) bond motifs is 2. The predicted octanol–water partition coefficient (Wildman–Crippen LogP) is 5.64. The summed E-state index contributed by atoms with van der Waals surface area (Å²) >= 11 is 1.54. The van der Waals surface area contributed by atoms with E-state index in [0.29, 0.717) is 12.2 Å². The fourth-order valence-electron chi connectivity index (χ4n) is 3.47. The summed E-state index contributed by atoms with van der Waals surface area (Å²) in [6, 6.07) is 13.5. The summed E-state index contributed by atoms with van der Waals surface area (Å²) in [5.41, 5.74) is 2.94. The molecule has 0 saturated heterocycles. The van der Waals surface area contributed by atoms with E-state index in [1.807, 2.05) is 63.2 Å². The molecule has 0 unspecified atom stereocenters. The van der Waals surface area contributed by atoms with Crippen molar-refractivity contribution in [1.82, 2.24) is 4.98 Å². The van der Waals surface area contributed by atoms with Crippen LogP contribution in [0.2, 0.25) is 0 Å². The number of nitrogens with one attached hydrogen (secondary N) is 1. The first kappa shape index (κ1) is 21.1. The molecule has 31 heavy (non-hydrogen) atoms. The lowest BCUT2D eigenvalue weighted by atomic mass is 10.0. The van der Waals surface area contributed by atoms with Crippen LogP contribution < -0.4 is 10.2 Å². The van der Waals surface area contributed by atoms with Gasteiger partial charge in [-0.1, -0.05) is 12.1 Å². The molecule has 0 atom stereocenters. The van der Waals surface area contributed by atoms with Gasteiger partial charge in [0, 0.05) is 18.3 Å². The number of ether oxygens (including phenoxy) is 1. The number of aryl methyl sites for hydroxylation is 1. The minimum atomic E-state index is -0.543. The number of carbonyl (C=O) groups excluding carboxylic acids is 2. The summed E-state index contributed by atoms with van der Waals surface area (Å²) in [5.74, 6) is -0.223. The third-order valence-corrected chi connectivity index (χ3v) is 5.77. The zero-order valence-corrected chi connectivity index (χ0v) is 18.7. The van der Waals surface area contributed by atoms with Gasteiger partial charge in [-0.2, -0.15) is 0 Å². The Balaban J connectivity index is 1.44. The molecule has 0 aliphatic carbocycles. The lowest BCUT2D eigenvalue weighted by Gasteiger charge is -2.32. The maximum absolute atomic E-state index is 12.5. The van der Waals surface area contributed by atoms with Crippen molar-refractivity contribution in [2.45, 2.75) is 39.2 Å². The molecular formula is C24H25N3O3S. The topological polar surface area (TPSA) is 71.5 Å². The zero-order chi connectivity index (χ0) is 22.0. The summed E-state index contributed by atoms with van der Waals surface area (Å²) in [7, 11) is 0. The van der Waals surface area contributed by atoms with Crippen LogP contribution in [-0.2, 0) is 16.0 Å². The molecule has 0 radical (unpaired) electrons. The highest BCUT2D eigenvalue weighted by Gasteiger charge is 2.27.